The van der Waals surface area contributed by atoms with Crippen LogP contribution < -0.4 is 15.0 Å². The van der Waals surface area contributed by atoms with E-state index < -0.39 is 5.97 Å². The molecule has 0 radical (unpaired) electrons. The lowest BCUT2D eigenvalue weighted by Gasteiger charge is -2.36. The summed E-state index contributed by atoms with van der Waals surface area (Å²) in [6.07, 6.45) is 0. The molecule has 8 nitrogen and oxygen atoms in total. The first kappa shape index (κ1) is 24.6. The molecule has 4 rings (SSSR count). The highest BCUT2D eigenvalue weighted by atomic mass is 16.5. The number of fused-ring (bicyclic) bond motifs is 1. The number of amides is 1. The van der Waals surface area contributed by atoms with Crippen LogP contribution in [-0.2, 0) is 9.53 Å². The Hall–Kier alpha value is -3.52. The third-order valence-corrected chi connectivity index (χ3v) is 6.48. The van der Waals surface area contributed by atoms with Crippen LogP contribution in [0, 0.1) is 13.8 Å². The van der Waals surface area contributed by atoms with Gasteiger partial charge in [-0.25, -0.2) is 4.79 Å². The number of hydrogen-bond acceptors (Lipinski definition) is 6. The van der Waals surface area contributed by atoms with Crippen LogP contribution in [0.1, 0.15) is 35.5 Å². The first-order chi connectivity index (χ1) is 16.9. The number of nitrogens with one attached hydrogen (secondary N) is 2. The van der Waals surface area contributed by atoms with E-state index in [-0.39, 0.29) is 24.8 Å². The number of rotatable bonds is 8. The van der Waals surface area contributed by atoms with Crippen molar-refractivity contribution < 1.29 is 19.1 Å². The van der Waals surface area contributed by atoms with Crippen molar-refractivity contribution in [2.45, 2.75) is 27.7 Å². The second-order valence-electron chi connectivity index (χ2n) is 8.77. The molecular weight excluding hydrogens is 444 g/mol. The number of aryl methyl sites for hydroxylation is 1. The van der Waals surface area contributed by atoms with Crippen molar-refractivity contribution in [3.05, 3.63) is 53.2 Å². The van der Waals surface area contributed by atoms with Crippen LogP contribution in [0.15, 0.2) is 36.4 Å². The molecule has 2 heterocycles. The molecule has 35 heavy (non-hydrogen) atoms. The second kappa shape index (κ2) is 10.8. The van der Waals surface area contributed by atoms with Crippen LogP contribution >= 0.6 is 0 Å². The predicted molar refractivity (Wildman–Crippen MR) is 139 cm³/mol. The number of hydrogen-bond donors (Lipinski definition) is 2. The fourth-order valence-corrected chi connectivity index (χ4v) is 4.52. The van der Waals surface area contributed by atoms with Crippen LogP contribution in [0.4, 0.5) is 11.4 Å². The third-order valence-electron chi connectivity index (χ3n) is 6.48. The number of H-pyrrole nitrogens is 1. The Balaban J connectivity index is 1.46. The average molecular weight is 479 g/mol. The van der Waals surface area contributed by atoms with E-state index in [0.29, 0.717) is 23.4 Å². The summed E-state index contributed by atoms with van der Waals surface area (Å²) in [5.41, 5.74) is 5.25. The van der Waals surface area contributed by atoms with E-state index in [1.54, 1.807) is 6.92 Å². The molecule has 0 spiro atoms. The molecule has 1 aliphatic heterocycles. The van der Waals surface area contributed by atoms with Gasteiger partial charge in [0.1, 0.15) is 11.4 Å². The smallest absolute Gasteiger partial charge is 0.356 e. The molecule has 0 atom stereocenters. The molecule has 2 N–H and O–H groups in total. The summed E-state index contributed by atoms with van der Waals surface area (Å²) in [6, 6.07) is 11.9. The molecular formula is C27H34N4O4. The molecule has 2 aromatic carbocycles. The summed E-state index contributed by atoms with van der Waals surface area (Å²) in [5, 5.41) is 3.68. The molecule has 1 aliphatic rings. The van der Waals surface area contributed by atoms with Gasteiger partial charge in [0, 0.05) is 42.8 Å². The quantitative estimate of drug-likeness (QED) is 0.474. The van der Waals surface area contributed by atoms with Gasteiger partial charge in [0.25, 0.3) is 0 Å². The summed E-state index contributed by atoms with van der Waals surface area (Å²) < 4.78 is 10.8. The molecule has 8 heteroatoms. The summed E-state index contributed by atoms with van der Waals surface area (Å²) in [5.74, 6) is 0.00465. The van der Waals surface area contributed by atoms with E-state index >= 15 is 0 Å². The van der Waals surface area contributed by atoms with Gasteiger partial charge in [-0.2, -0.15) is 0 Å². The van der Waals surface area contributed by atoms with Gasteiger partial charge in [-0.15, -0.1) is 0 Å². The largest absolute Gasteiger partial charge is 0.494 e. The maximum atomic E-state index is 13.1. The number of ether oxygens (including phenoxy) is 2. The van der Waals surface area contributed by atoms with E-state index in [1.807, 2.05) is 25.1 Å². The van der Waals surface area contributed by atoms with Crippen molar-refractivity contribution in [1.29, 1.82) is 0 Å². The Morgan fingerprint density at radius 3 is 2.51 bits per heavy atom. The number of anilines is 2. The number of esters is 1. The zero-order chi connectivity index (χ0) is 24.9. The van der Waals surface area contributed by atoms with Crippen LogP contribution in [0.2, 0.25) is 0 Å². The van der Waals surface area contributed by atoms with E-state index in [1.165, 1.54) is 16.8 Å². The zero-order valence-corrected chi connectivity index (χ0v) is 20.9. The van der Waals surface area contributed by atoms with Gasteiger partial charge in [-0.05, 0) is 63.1 Å². The summed E-state index contributed by atoms with van der Waals surface area (Å²) >= 11 is 0. The first-order valence-corrected chi connectivity index (χ1v) is 12.2. The molecule has 3 aromatic rings. The minimum absolute atomic E-state index is 0.168. The maximum Gasteiger partial charge on any atom is 0.356 e. The van der Waals surface area contributed by atoms with Gasteiger partial charge < -0.3 is 24.7 Å². The highest BCUT2D eigenvalue weighted by molar-refractivity contribution is 6.11. The van der Waals surface area contributed by atoms with Gasteiger partial charge in [0.05, 0.1) is 25.4 Å². The summed E-state index contributed by atoms with van der Waals surface area (Å²) in [4.78, 5) is 33.3. The van der Waals surface area contributed by atoms with Gasteiger partial charge in [-0.3, -0.25) is 9.69 Å². The Kier molecular flexibility index (Phi) is 7.60. The van der Waals surface area contributed by atoms with E-state index in [2.05, 4.69) is 52.1 Å². The lowest BCUT2D eigenvalue weighted by atomic mass is 10.1. The van der Waals surface area contributed by atoms with Crippen molar-refractivity contribution in [2.24, 2.45) is 0 Å². The Morgan fingerprint density at radius 1 is 1.03 bits per heavy atom. The normalized spacial score (nSPS) is 14.2. The lowest BCUT2D eigenvalue weighted by Crippen LogP contribution is -2.48. The predicted octanol–water partition coefficient (Wildman–Crippen LogP) is 4.12. The molecule has 0 bridgehead atoms. The number of piperazine rings is 1. The average Bonchev–Trinajstić information content (AvgIpc) is 3.19. The standard InChI is InChI=1S/C27H34N4O4/c1-5-34-20-10-11-22-21(16-20)25(26(28-22)27(33)35-6-2)29-24(32)17-30-12-14-31(15-13-30)23-9-7-8-18(3)19(23)4/h7-11,16,28H,5-6,12-15,17H2,1-4H3,(H,29,32). The van der Waals surface area contributed by atoms with Crippen molar-refractivity contribution in [2.75, 3.05) is 56.2 Å². The Morgan fingerprint density at radius 2 is 1.80 bits per heavy atom. The van der Waals surface area contributed by atoms with Crippen LogP contribution in [0.5, 0.6) is 5.75 Å². The lowest BCUT2D eigenvalue weighted by molar-refractivity contribution is -0.117. The molecule has 186 valence electrons. The Labute approximate surface area is 206 Å². The number of aromatic amines is 1. The van der Waals surface area contributed by atoms with Crippen LogP contribution in [-0.4, -0.2) is 67.7 Å². The van der Waals surface area contributed by atoms with Crippen LogP contribution in [0.3, 0.4) is 0 Å². The number of aromatic nitrogens is 1. The summed E-state index contributed by atoms with van der Waals surface area (Å²) in [6.45, 7) is 12.3. The maximum absolute atomic E-state index is 13.1. The van der Waals surface area contributed by atoms with Crippen molar-refractivity contribution in [1.82, 2.24) is 9.88 Å². The van der Waals surface area contributed by atoms with Gasteiger partial charge in [0.2, 0.25) is 5.91 Å². The minimum Gasteiger partial charge on any atom is -0.494 e. The number of nitrogens with zero attached hydrogens (tertiary/aromatic N) is 2. The SMILES string of the molecule is CCOC(=O)c1[nH]c2ccc(OCC)cc2c1NC(=O)CN1CCN(c2cccc(C)c2C)CC1. The topological polar surface area (TPSA) is 86.9 Å². The van der Waals surface area contributed by atoms with E-state index in [9.17, 15) is 9.59 Å². The first-order valence-electron chi connectivity index (χ1n) is 12.2. The molecule has 0 aliphatic carbocycles. The molecule has 1 aromatic heterocycles. The van der Waals surface area contributed by atoms with Crippen LogP contribution in [0.25, 0.3) is 10.9 Å². The number of carbonyl (C=O) groups excluding carboxylic acids is 2. The van der Waals surface area contributed by atoms with E-state index in [4.69, 9.17) is 9.47 Å². The van der Waals surface area contributed by atoms with Crippen molar-refractivity contribution >= 4 is 34.2 Å². The molecule has 1 fully saturated rings. The molecule has 0 saturated carbocycles. The van der Waals surface area contributed by atoms with Gasteiger partial charge in [0.15, 0.2) is 0 Å². The summed E-state index contributed by atoms with van der Waals surface area (Å²) in [7, 11) is 0. The van der Waals surface area contributed by atoms with Gasteiger partial charge >= 0.3 is 5.97 Å². The van der Waals surface area contributed by atoms with E-state index in [0.717, 1.165) is 31.7 Å². The fourth-order valence-electron chi connectivity index (χ4n) is 4.52. The monoisotopic (exact) mass is 478 g/mol. The third kappa shape index (κ3) is 5.43. The molecule has 1 saturated heterocycles. The van der Waals surface area contributed by atoms with Crippen molar-refractivity contribution in [3.63, 3.8) is 0 Å². The highest BCUT2D eigenvalue weighted by Crippen LogP contribution is 2.32. The number of carbonyl (C=O) groups is 2. The second-order valence-corrected chi connectivity index (χ2v) is 8.77. The molecule has 1 amide bonds. The Bertz CT molecular complexity index is 1210. The number of benzene rings is 2. The highest BCUT2D eigenvalue weighted by Gasteiger charge is 2.24. The zero-order valence-electron chi connectivity index (χ0n) is 20.9. The molecule has 0 unspecified atom stereocenters. The minimum atomic E-state index is -0.501. The van der Waals surface area contributed by atoms with Crippen molar-refractivity contribution in [3.8, 4) is 5.75 Å². The fraction of sp³-hybridized carbons (Fsp3) is 0.407. The van der Waals surface area contributed by atoms with Gasteiger partial charge in [-0.1, -0.05) is 12.1 Å².